The van der Waals surface area contributed by atoms with Crippen LogP contribution in [0.2, 0.25) is 0 Å². The molecule has 132 valence electrons. The van der Waals surface area contributed by atoms with Gasteiger partial charge < -0.3 is 4.74 Å². The van der Waals surface area contributed by atoms with Gasteiger partial charge in [0.2, 0.25) is 0 Å². The molecule has 4 nitrogen and oxygen atoms in total. The summed E-state index contributed by atoms with van der Waals surface area (Å²) in [5.74, 6) is 0.421. The van der Waals surface area contributed by atoms with Crippen LogP contribution in [0, 0.1) is 6.92 Å². The highest BCUT2D eigenvalue weighted by atomic mass is 16.6. The molecule has 0 unspecified atom stereocenters. The molecule has 0 radical (unpaired) electrons. The molecule has 1 aromatic carbocycles. The molecule has 24 heavy (non-hydrogen) atoms. The highest BCUT2D eigenvalue weighted by molar-refractivity contribution is 5.87. The lowest BCUT2D eigenvalue weighted by Crippen LogP contribution is -2.51. The Morgan fingerprint density at radius 3 is 2.50 bits per heavy atom. The zero-order chi connectivity index (χ0) is 17.9. The van der Waals surface area contributed by atoms with E-state index in [2.05, 4.69) is 19.1 Å². The van der Waals surface area contributed by atoms with Gasteiger partial charge in [0.25, 0.3) is 0 Å². The van der Waals surface area contributed by atoms with Gasteiger partial charge in [-0.15, -0.1) is 0 Å². The van der Waals surface area contributed by atoms with Crippen LogP contribution < -0.4 is 0 Å². The van der Waals surface area contributed by atoms with Crippen molar-refractivity contribution in [2.45, 2.75) is 71.4 Å². The van der Waals surface area contributed by atoms with E-state index in [1.165, 1.54) is 11.1 Å². The maximum Gasteiger partial charge on any atom is 0.410 e. The van der Waals surface area contributed by atoms with Gasteiger partial charge in [0.05, 0.1) is 6.04 Å². The molecule has 1 fully saturated rings. The summed E-state index contributed by atoms with van der Waals surface area (Å²) in [6, 6.07) is 7.92. The minimum absolute atomic E-state index is 0.110. The Balaban J connectivity index is 2.20. The molecule has 0 aliphatic carbocycles. The molecular formula is C20H29NO3. The third-order valence-electron chi connectivity index (χ3n) is 4.58. The van der Waals surface area contributed by atoms with Gasteiger partial charge in [-0.05, 0) is 57.6 Å². The number of ketones is 1. The second-order valence-corrected chi connectivity index (χ2v) is 7.59. The molecule has 1 heterocycles. The van der Waals surface area contributed by atoms with Crippen molar-refractivity contribution in [2.75, 3.05) is 6.54 Å². The van der Waals surface area contributed by atoms with Crippen molar-refractivity contribution in [1.82, 2.24) is 4.90 Å². The number of ether oxygens (including phenoxy) is 1. The SMILES string of the molecule is CCC(=O)[C@@H]1C[C@H](c2ccccc2C)CCN1C(=O)OC(C)(C)C. The van der Waals surface area contributed by atoms with Crippen molar-refractivity contribution < 1.29 is 14.3 Å². The predicted octanol–water partition coefficient (Wildman–Crippen LogP) is 4.46. The Hall–Kier alpha value is -1.84. The number of amides is 1. The first-order chi connectivity index (χ1) is 11.2. The quantitative estimate of drug-likeness (QED) is 0.821. The van der Waals surface area contributed by atoms with Gasteiger partial charge in [-0.2, -0.15) is 0 Å². The van der Waals surface area contributed by atoms with E-state index in [9.17, 15) is 9.59 Å². The largest absolute Gasteiger partial charge is 0.444 e. The Morgan fingerprint density at radius 2 is 1.92 bits per heavy atom. The van der Waals surface area contributed by atoms with Crippen LogP contribution in [0.3, 0.4) is 0 Å². The molecule has 0 bridgehead atoms. The number of nitrogens with zero attached hydrogens (tertiary/aromatic N) is 1. The van der Waals surface area contributed by atoms with E-state index in [-0.39, 0.29) is 17.9 Å². The zero-order valence-electron chi connectivity index (χ0n) is 15.5. The molecule has 0 saturated carbocycles. The van der Waals surface area contributed by atoms with Crippen LogP contribution in [0.1, 0.15) is 64.0 Å². The molecule has 2 atom stereocenters. The normalized spacial score (nSPS) is 21.5. The van der Waals surface area contributed by atoms with Crippen LogP contribution in [0.15, 0.2) is 24.3 Å². The number of aryl methyl sites for hydroxylation is 1. The molecule has 1 saturated heterocycles. The molecule has 2 rings (SSSR count). The second-order valence-electron chi connectivity index (χ2n) is 7.59. The van der Waals surface area contributed by atoms with Crippen LogP contribution in [-0.2, 0) is 9.53 Å². The summed E-state index contributed by atoms with van der Waals surface area (Å²) in [7, 11) is 0. The summed E-state index contributed by atoms with van der Waals surface area (Å²) in [5, 5.41) is 0. The predicted molar refractivity (Wildman–Crippen MR) is 95.2 cm³/mol. The van der Waals surface area contributed by atoms with Gasteiger partial charge in [0, 0.05) is 13.0 Å². The van der Waals surface area contributed by atoms with E-state index in [0.29, 0.717) is 25.3 Å². The second kappa shape index (κ2) is 7.37. The molecule has 1 aliphatic rings. The van der Waals surface area contributed by atoms with E-state index >= 15 is 0 Å². The standard InChI is InChI=1S/C20H29NO3/c1-6-18(22)17-13-15(16-10-8-7-9-14(16)2)11-12-21(17)19(23)24-20(3,4)5/h7-10,15,17H,6,11-13H2,1-5H3/t15-,17+/m1/s1. The fourth-order valence-electron chi connectivity index (χ4n) is 3.37. The average molecular weight is 331 g/mol. The molecular weight excluding hydrogens is 302 g/mol. The topological polar surface area (TPSA) is 46.6 Å². The number of hydrogen-bond acceptors (Lipinski definition) is 3. The molecule has 1 aromatic rings. The van der Waals surface area contributed by atoms with Crippen LogP contribution in [0.4, 0.5) is 4.79 Å². The highest BCUT2D eigenvalue weighted by Gasteiger charge is 2.38. The number of Topliss-reactive ketones (excluding diaryl/α,β-unsaturated/α-hetero) is 1. The minimum Gasteiger partial charge on any atom is -0.444 e. The molecule has 0 N–H and O–H groups in total. The summed E-state index contributed by atoms with van der Waals surface area (Å²) in [6.07, 6.45) is 1.59. The summed E-state index contributed by atoms with van der Waals surface area (Å²) >= 11 is 0. The number of likely N-dealkylation sites (tertiary alicyclic amines) is 1. The summed E-state index contributed by atoms with van der Waals surface area (Å²) in [6.45, 7) is 10.1. The van der Waals surface area contributed by atoms with Gasteiger partial charge in [-0.3, -0.25) is 9.69 Å². The van der Waals surface area contributed by atoms with Gasteiger partial charge in [0.15, 0.2) is 5.78 Å². The molecule has 1 amide bonds. The van der Waals surface area contributed by atoms with Crippen molar-refractivity contribution in [3.63, 3.8) is 0 Å². The Labute approximate surface area is 145 Å². The fourth-order valence-corrected chi connectivity index (χ4v) is 3.37. The van der Waals surface area contributed by atoms with Crippen LogP contribution >= 0.6 is 0 Å². The third-order valence-corrected chi connectivity index (χ3v) is 4.58. The number of piperidine rings is 1. The third kappa shape index (κ3) is 4.37. The first-order valence-electron chi connectivity index (χ1n) is 8.80. The van der Waals surface area contributed by atoms with Crippen LogP contribution in [-0.4, -0.2) is 35.0 Å². The number of hydrogen-bond donors (Lipinski definition) is 0. The summed E-state index contributed by atoms with van der Waals surface area (Å²) in [5.41, 5.74) is 1.98. The van der Waals surface area contributed by atoms with E-state index in [0.717, 1.165) is 6.42 Å². The van der Waals surface area contributed by atoms with Gasteiger partial charge in [0.1, 0.15) is 5.60 Å². The highest BCUT2D eigenvalue weighted by Crippen LogP contribution is 2.34. The number of benzene rings is 1. The van der Waals surface area contributed by atoms with Crippen molar-refractivity contribution in [2.24, 2.45) is 0 Å². The van der Waals surface area contributed by atoms with Crippen molar-refractivity contribution in [3.05, 3.63) is 35.4 Å². The Morgan fingerprint density at radius 1 is 1.25 bits per heavy atom. The van der Waals surface area contributed by atoms with Crippen molar-refractivity contribution >= 4 is 11.9 Å². The van der Waals surface area contributed by atoms with Crippen molar-refractivity contribution in [3.8, 4) is 0 Å². The molecule has 0 aromatic heterocycles. The average Bonchev–Trinajstić information content (AvgIpc) is 2.52. The lowest BCUT2D eigenvalue weighted by atomic mass is 9.82. The molecule has 4 heteroatoms. The first-order valence-corrected chi connectivity index (χ1v) is 8.80. The monoisotopic (exact) mass is 331 g/mol. The molecule has 1 aliphatic heterocycles. The maximum absolute atomic E-state index is 12.5. The number of carbonyl (C=O) groups excluding carboxylic acids is 2. The van der Waals surface area contributed by atoms with E-state index in [1.807, 2.05) is 39.8 Å². The maximum atomic E-state index is 12.5. The Bertz CT molecular complexity index is 603. The summed E-state index contributed by atoms with van der Waals surface area (Å²) < 4.78 is 5.50. The van der Waals surface area contributed by atoms with Gasteiger partial charge in [-0.1, -0.05) is 31.2 Å². The number of rotatable bonds is 3. The minimum atomic E-state index is -0.552. The van der Waals surface area contributed by atoms with Crippen molar-refractivity contribution in [1.29, 1.82) is 0 Å². The van der Waals surface area contributed by atoms with E-state index < -0.39 is 5.60 Å². The van der Waals surface area contributed by atoms with Crippen LogP contribution in [0.5, 0.6) is 0 Å². The van der Waals surface area contributed by atoms with E-state index in [4.69, 9.17) is 4.74 Å². The fraction of sp³-hybridized carbons (Fsp3) is 0.600. The van der Waals surface area contributed by atoms with E-state index in [1.54, 1.807) is 4.90 Å². The first kappa shape index (κ1) is 18.5. The van der Waals surface area contributed by atoms with Gasteiger partial charge in [-0.25, -0.2) is 4.79 Å². The van der Waals surface area contributed by atoms with Crippen LogP contribution in [0.25, 0.3) is 0 Å². The smallest absolute Gasteiger partial charge is 0.410 e. The summed E-state index contributed by atoms with van der Waals surface area (Å²) in [4.78, 5) is 26.6. The molecule has 0 spiro atoms. The van der Waals surface area contributed by atoms with Gasteiger partial charge >= 0.3 is 6.09 Å². The zero-order valence-corrected chi connectivity index (χ0v) is 15.5. The lowest BCUT2D eigenvalue weighted by molar-refractivity contribution is -0.125. The number of carbonyl (C=O) groups is 2. The lowest BCUT2D eigenvalue weighted by Gasteiger charge is -2.39. The Kier molecular flexibility index (Phi) is 5.68.